The zero-order chi connectivity index (χ0) is 14.1. The van der Waals surface area contributed by atoms with Gasteiger partial charge in [-0.05, 0) is 17.7 Å². The number of azide groups is 1. The number of benzene rings is 1. The minimum Gasteiger partial charge on any atom is -0.456 e. The van der Waals surface area contributed by atoms with E-state index in [2.05, 4.69) is 21.4 Å². The third-order valence-electron chi connectivity index (χ3n) is 2.20. The molecular formula is C12H11N5O2. The Morgan fingerprint density at radius 1 is 1.42 bits per heavy atom. The molecule has 0 aromatic heterocycles. The first-order valence-corrected chi connectivity index (χ1v) is 5.34. The fraction of sp³-hybridized carbons (Fsp3) is 0.167. The van der Waals surface area contributed by atoms with Gasteiger partial charge in [-0.25, -0.2) is 4.79 Å². The first kappa shape index (κ1) is 14.2. The lowest BCUT2D eigenvalue weighted by molar-refractivity contribution is -0.140. The number of nitrogens with zero attached hydrogens (tertiary/aromatic N) is 5. The van der Waals surface area contributed by atoms with Crippen LogP contribution in [-0.4, -0.2) is 29.1 Å². The third-order valence-corrected chi connectivity index (χ3v) is 2.20. The van der Waals surface area contributed by atoms with E-state index in [1.54, 1.807) is 30.3 Å². The van der Waals surface area contributed by atoms with Gasteiger partial charge in [0.1, 0.15) is 6.61 Å². The van der Waals surface area contributed by atoms with Crippen molar-refractivity contribution in [2.24, 2.45) is 5.11 Å². The Morgan fingerprint density at radius 2 is 2.11 bits per heavy atom. The summed E-state index contributed by atoms with van der Waals surface area (Å²) < 4.78 is 4.89. The highest BCUT2D eigenvalue weighted by atomic mass is 16.5. The first-order chi connectivity index (χ1) is 9.22. The Hall–Kier alpha value is -2.88. The standard InChI is InChI=1S/C12H11N5O2/c1-2-10(16-17-14)8-19-12(18)11(15-13)9-6-4-3-5-7-9/h2-7,10H,1,8H2. The number of carbonyl (C=O) groups is 1. The number of ether oxygens (including phenoxy) is 1. The molecule has 7 heteroatoms. The van der Waals surface area contributed by atoms with Crippen LogP contribution in [0.5, 0.6) is 0 Å². The lowest BCUT2D eigenvalue weighted by Gasteiger charge is -2.05. The van der Waals surface area contributed by atoms with Gasteiger partial charge in [0.2, 0.25) is 0 Å². The lowest BCUT2D eigenvalue weighted by Crippen LogP contribution is -2.23. The zero-order valence-electron chi connectivity index (χ0n) is 10.0. The van der Waals surface area contributed by atoms with Crippen LogP contribution in [0, 0.1) is 0 Å². The largest absolute Gasteiger partial charge is 0.456 e. The average Bonchev–Trinajstić information content (AvgIpc) is 2.45. The van der Waals surface area contributed by atoms with Gasteiger partial charge in [0.15, 0.2) is 0 Å². The second kappa shape index (κ2) is 7.45. The Kier molecular flexibility index (Phi) is 5.56. The van der Waals surface area contributed by atoms with Crippen LogP contribution in [0.4, 0.5) is 0 Å². The van der Waals surface area contributed by atoms with Gasteiger partial charge in [0.05, 0.1) is 11.6 Å². The Bertz CT molecular complexity index is 557. The molecule has 0 amide bonds. The second-order valence-electron chi connectivity index (χ2n) is 3.42. The van der Waals surface area contributed by atoms with Crippen molar-refractivity contribution in [3.63, 3.8) is 0 Å². The Balaban J connectivity index is 2.74. The van der Waals surface area contributed by atoms with Crippen molar-refractivity contribution >= 4 is 11.7 Å². The van der Waals surface area contributed by atoms with E-state index in [-0.39, 0.29) is 12.3 Å². The zero-order valence-corrected chi connectivity index (χ0v) is 10.0. The molecule has 0 fully saturated rings. The van der Waals surface area contributed by atoms with E-state index in [4.69, 9.17) is 15.8 Å². The van der Waals surface area contributed by atoms with Crippen LogP contribution >= 0.6 is 0 Å². The summed E-state index contributed by atoms with van der Waals surface area (Å²) in [6.07, 6.45) is 1.35. The van der Waals surface area contributed by atoms with Crippen LogP contribution in [0.1, 0.15) is 5.56 Å². The first-order valence-electron chi connectivity index (χ1n) is 5.34. The van der Waals surface area contributed by atoms with Crippen molar-refractivity contribution in [3.8, 4) is 0 Å². The Labute approximate surface area is 109 Å². The number of hydrogen-bond acceptors (Lipinski definition) is 3. The molecule has 96 valence electrons. The van der Waals surface area contributed by atoms with Crippen LogP contribution in [0.3, 0.4) is 0 Å². The monoisotopic (exact) mass is 257 g/mol. The summed E-state index contributed by atoms with van der Waals surface area (Å²) in [5.41, 5.74) is 17.3. The van der Waals surface area contributed by atoms with Crippen molar-refractivity contribution in [3.05, 3.63) is 64.5 Å². The molecule has 7 nitrogen and oxygen atoms in total. The van der Waals surface area contributed by atoms with E-state index < -0.39 is 12.0 Å². The van der Waals surface area contributed by atoms with Gasteiger partial charge in [0.25, 0.3) is 0 Å². The highest BCUT2D eigenvalue weighted by molar-refractivity contribution is 6.40. The van der Waals surface area contributed by atoms with Crippen molar-refractivity contribution in [1.82, 2.24) is 0 Å². The molecule has 0 saturated heterocycles. The predicted molar refractivity (Wildman–Crippen MR) is 68.3 cm³/mol. The van der Waals surface area contributed by atoms with Gasteiger partial charge < -0.3 is 10.3 Å². The van der Waals surface area contributed by atoms with Crippen LogP contribution in [0.2, 0.25) is 0 Å². The SMILES string of the molecule is C=CC(COC(=O)C(=[N+]=[N-])c1ccccc1)N=[N+]=[N-]. The molecule has 0 aliphatic rings. The van der Waals surface area contributed by atoms with Gasteiger partial charge in [0, 0.05) is 4.91 Å². The van der Waals surface area contributed by atoms with Gasteiger partial charge in [-0.2, -0.15) is 4.79 Å². The van der Waals surface area contributed by atoms with Crippen molar-refractivity contribution in [2.45, 2.75) is 6.04 Å². The van der Waals surface area contributed by atoms with E-state index in [0.29, 0.717) is 5.56 Å². The lowest BCUT2D eigenvalue weighted by atomic mass is 10.1. The maximum atomic E-state index is 11.7. The molecule has 0 heterocycles. The molecule has 19 heavy (non-hydrogen) atoms. The van der Waals surface area contributed by atoms with Gasteiger partial charge in [-0.1, -0.05) is 29.4 Å². The van der Waals surface area contributed by atoms with Crippen LogP contribution in [0.15, 0.2) is 48.1 Å². The summed E-state index contributed by atoms with van der Waals surface area (Å²) in [5.74, 6) is -0.811. The molecule has 0 aliphatic heterocycles. The molecule has 0 bridgehead atoms. The minimum atomic E-state index is -0.811. The maximum Gasteiger partial charge on any atom is 0.422 e. The quantitative estimate of drug-likeness (QED) is 0.194. The van der Waals surface area contributed by atoms with E-state index in [0.717, 1.165) is 0 Å². The molecule has 0 spiro atoms. The van der Waals surface area contributed by atoms with Crippen molar-refractivity contribution < 1.29 is 14.3 Å². The average molecular weight is 257 g/mol. The number of carbonyl (C=O) groups excluding carboxylic acids is 1. The molecule has 1 rings (SSSR count). The summed E-state index contributed by atoms with van der Waals surface area (Å²) in [6, 6.07) is 7.70. The van der Waals surface area contributed by atoms with Crippen molar-refractivity contribution in [2.75, 3.05) is 6.61 Å². The molecule has 0 saturated carbocycles. The third kappa shape index (κ3) is 4.12. The van der Waals surface area contributed by atoms with Crippen LogP contribution in [-0.2, 0) is 9.53 Å². The number of esters is 1. The van der Waals surface area contributed by atoms with Gasteiger partial charge >= 0.3 is 11.7 Å². The van der Waals surface area contributed by atoms with E-state index in [9.17, 15) is 4.79 Å². The molecule has 0 radical (unpaired) electrons. The molecule has 1 unspecified atom stereocenters. The van der Waals surface area contributed by atoms with Crippen LogP contribution < -0.4 is 0 Å². The topological polar surface area (TPSA) is 111 Å². The van der Waals surface area contributed by atoms with Crippen molar-refractivity contribution in [1.29, 1.82) is 0 Å². The molecule has 1 aromatic rings. The predicted octanol–water partition coefficient (Wildman–Crippen LogP) is 2.11. The molecular weight excluding hydrogens is 246 g/mol. The number of hydrogen-bond donors (Lipinski definition) is 0. The number of rotatable bonds is 6. The minimum absolute atomic E-state index is 0.168. The Morgan fingerprint density at radius 3 is 2.63 bits per heavy atom. The van der Waals surface area contributed by atoms with Crippen LogP contribution in [0.25, 0.3) is 16.0 Å². The second-order valence-corrected chi connectivity index (χ2v) is 3.42. The molecule has 0 aliphatic carbocycles. The summed E-state index contributed by atoms with van der Waals surface area (Å²) in [6.45, 7) is 3.28. The normalized spacial score (nSPS) is 10.5. The summed E-state index contributed by atoms with van der Waals surface area (Å²) in [4.78, 5) is 17.2. The molecule has 1 aromatic carbocycles. The smallest absolute Gasteiger partial charge is 0.422 e. The maximum absolute atomic E-state index is 11.7. The van der Waals surface area contributed by atoms with E-state index in [1.807, 2.05) is 0 Å². The highest BCUT2D eigenvalue weighted by Crippen LogP contribution is 2.02. The van der Waals surface area contributed by atoms with E-state index >= 15 is 0 Å². The molecule has 0 N–H and O–H groups in total. The van der Waals surface area contributed by atoms with E-state index in [1.165, 1.54) is 6.08 Å². The molecule has 1 atom stereocenters. The van der Waals surface area contributed by atoms with Gasteiger partial charge in [-0.3, -0.25) is 0 Å². The summed E-state index contributed by atoms with van der Waals surface area (Å²) >= 11 is 0. The highest BCUT2D eigenvalue weighted by Gasteiger charge is 2.24. The fourth-order valence-electron chi connectivity index (χ4n) is 1.26. The van der Waals surface area contributed by atoms with Gasteiger partial charge in [-0.15, -0.1) is 6.58 Å². The fourth-order valence-corrected chi connectivity index (χ4v) is 1.26. The summed E-state index contributed by atoms with van der Waals surface area (Å²) in [5, 5.41) is 3.36. The summed E-state index contributed by atoms with van der Waals surface area (Å²) in [7, 11) is 0.